The first-order valence-corrected chi connectivity index (χ1v) is 18.3. The number of aliphatic hydroxyl groups is 1. The van der Waals surface area contributed by atoms with Crippen molar-refractivity contribution in [2.75, 3.05) is 44.0 Å². The zero-order valence-corrected chi connectivity index (χ0v) is 30.0. The molecule has 1 aliphatic carbocycles. The average molecular weight is 687 g/mol. The maximum Gasteiger partial charge on any atom is 0.321 e. The van der Waals surface area contributed by atoms with E-state index in [-0.39, 0.29) is 55.0 Å². The molecular weight excluding hydrogens is 632 g/mol. The van der Waals surface area contributed by atoms with Crippen LogP contribution in [0.15, 0.2) is 60.7 Å². The number of nitrogens with one attached hydrogen (secondary N) is 2. The number of anilines is 2. The topological polar surface area (TPSA) is 120 Å². The molecule has 1 fully saturated rings. The molecule has 3 aromatic rings. The van der Waals surface area contributed by atoms with E-state index in [9.17, 15) is 19.5 Å². The Morgan fingerprint density at radius 3 is 2.48 bits per heavy atom. The van der Waals surface area contributed by atoms with E-state index in [0.29, 0.717) is 30.2 Å². The van der Waals surface area contributed by atoms with E-state index in [1.807, 2.05) is 63.2 Å². The summed E-state index contributed by atoms with van der Waals surface area (Å²) in [6.45, 7) is 6.66. The van der Waals surface area contributed by atoms with E-state index in [2.05, 4.69) is 10.6 Å². The van der Waals surface area contributed by atoms with Crippen LogP contribution in [-0.2, 0) is 9.53 Å². The van der Waals surface area contributed by atoms with Gasteiger partial charge < -0.3 is 35.0 Å². The summed E-state index contributed by atoms with van der Waals surface area (Å²) in [5, 5.41) is 18.4. The summed E-state index contributed by atoms with van der Waals surface area (Å²) in [7, 11) is 1.75. The highest BCUT2D eigenvalue weighted by Crippen LogP contribution is 2.30. The molecule has 0 bridgehead atoms. The van der Waals surface area contributed by atoms with Crippen LogP contribution in [0.5, 0.6) is 5.75 Å². The Bertz CT molecular complexity index is 1600. The fraction of sp³-hybridized carbons (Fsp3) is 0.525. The molecule has 2 aliphatic rings. The second-order valence-corrected chi connectivity index (χ2v) is 14.2. The zero-order valence-electron chi connectivity index (χ0n) is 30.0. The highest BCUT2D eigenvalue weighted by atomic mass is 16.5. The van der Waals surface area contributed by atoms with E-state index in [4.69, 9.17) is 9.47 Å². The van der Waals surface area contributed by atoms with Crippen LogP contribution >= 0.6 is 0 Å². The van der Waals surface area contributed by atoms with Crippen LogP contribution in [0.3, 0.4) is 0 Å². The molecule has 0 radical (unpaired) electrons. The van der Waals surface area contributed by atoms with Crippen LogP contribution in [0.25, 0.3) is 10.8 Å². The van der Waals surface area contributed by atoms with Gasteiger partial charge in [-0.2, -0.15) is 0 Å². The van der Waals surface area contributed by atoms with E-state index in [1.165, 1.54) is 0 Å². The van der Waals surface area contributed by atoms with Crippen molar-refractivity contribution in [1.29, 1.82) is 0 Å². The molecule has 5 rings (SSSR count). The standard InChI is InChI=1S/C40H54N4O6/c1-27-24-44(28(2)26-45)39(47)34-23-32(41-38(46)31-15-6-5-7-16-31)20-21-36(34)50-29(3)13-10-11-22-49-37(27)25-43(4)40(48)42-35-19-12-17-30-14-8-9-18-33(30)35/h8-9,12,14,17-21,23,27-29,31,37,45H,5-7,10-11,13,15-16,22,24-26H2,1-4H3,(H,41,46)(H,42,48)/t27-,28+,29+,37-/m1/s1. The lowest BCUT2D eigenvalue weighted by molar-refractivity contribution is -0.120. The van der Waals surface area contributed by atoms with Gasteiger partial charge in [-0.05, 0) is 75.6 Å². The van der Waals surface area contributed by atoms with Crippen molar-refractivity contribution < 1.29 is 29.0 Å². The average Bonchev–Trinajstić information content (AvgIpc) is 3.13. The molecule has 0 unspecified atom stereocenters. The molecule has 1 aliphatic heterocycles. The third-order valence-corrected chi connectivity index (χ3v) is 10.1. The van der Waals surface area contributed by atoms with E-state index >= 15 is 0 Å². The van der Waals surface area contributed by atoms with Crippen LogP contribution in [0.2, 0.25) is 0 Å². The van der Waals surface area contributed by atoms with Crippen molar-refractivity contribution in [1.82, 2.24) is 9.80 Å². The minimum Gasteiger partial charge on any atom is -0.490 e. The maximum absolute atomic E-state index is 14.5. The Labute approximate surface area is 296 Å². The molecule has 4 atom stereocenters. The molecule has 3 aromatic carbocycles. The largest absolute Gasteiger partial charge is 0.490 e. The summed E-state index contributed by atoms with van der Waals surface area (Å²) in [6.07, 6.45) is 6.92. The quantitative estimate of drug-likeness (QED) is 0.240. The number of carbonyl (C=O) groups excluding carboxylic acids is 3. The molecule has 1 heterocycles. The van der Waals surface area contributed by atoms with Crippen molar-refractivity contribution >= 4 is 40.0 Å². The van der Waals surface area contributed by atoms with E-state index < -0.39 is 6.04 Å². The van der Waals surface area contributed by atoms with Gasteiger partial charge in [-0.25, -0.2) is 4.79 Å². The van der Waals surface area contributed by atoms with Crippen LogP contribution in [-0.4, -0.2) is 84.4 Å². The predicted octanol–water partition coefficient (Wildman–Crippen LogP) is 7.32. The summed E-state index contributed by atoms with van der Waals surface area (Å²) in [5.74, 6) is -0.0838. The van der Waals surface area contributed by atoms with Crippen molar-refractivity contribution in [3.63, 3.8) is 0 Å². The lowest BCUT2D eigenvalue weighted by atomic mass is 9.88. The SMILES string of the molecule is C[C@@H]1CN([C@@H](C)CO)C(=O)c2cc(NC(=O)C3CCCCC3)ccc2O[C@@H](C)CCCCO[C@@H]1CN(C)C(=O)Nc1cccc2ccccc12. The predicted molar refractivity (Wildman–Crippen MR) is 198 cm³/mol. The highest BCUT2D eigenvalue weighted by Gasteiger charge is 2.31. The van der Waals surface area contributed by atoms with Crippen LogP contribution in [0, 0.1) is 11.8 Å². The van der Waals surface area contributed by atoms with Gasteiger partial charge >= 0.3 is 6.03 Å². The highest BCUT2D eigenvalue weighted by molar-refractivity contribution is 6.02. The molecule has 4 amide bonds. The summed E-state index contributed by atoms with van der Waals surface area (Å²) in [4.78, 5) is 44.3. The molecular formula is C40H54N4O6. The van der Waals surface area contributed by atoms with Gasteiger partial charge in [0.15, 0.2) is 0 Å². The molecule has 0 saturated heterocycles. The van der Waals surface area contributed by atoms with Crippen LogP contribution in [0.4, 0.5) is 16.2 Å². The van der Waals surface area contributed by atoms with Gasteiger partial charge in [0, 0.05) is 49.7 Å². The Morgan fingerprint density at radius 2 is 1.70 bits per heavy atom. The van der Waals surface area contributed by atoms with E-state index in [0.717, 1.165) is 67.8 Å². The molecule has 1 saturated carbocycles. The molecule has 50 heavy (non-hydrogen) atoms. The lowest BCUT2D eigenvalue weighted by Crippen LogP contribution is -2.48. The maximum atomic E-state index is 14.5. The first kappa shape index (κ1) is 37.1. The number of aliphatic hydroxyl groups excluding tert-OH is 1. The molecule has 10 nitrogen and oxygen atoms in total. The number of urea groups is 1. The van der Waals surface area contributed by atoms with Crippen LogP contribution < -0.4 is 15.4 Å². The van der Waals surface area contributed by atoms with Crippen molar-refractivity contribution in [3.8, 4) is 5.75 Å². The third kappa shape index (κ3) is 9.54. The number of nitrogens with zero attached hydrogens (tertiary/aromatic N) is 2. The van der Waals surface area contributed by atoms with Crippen molar-refractivity contribution in [2.24, 2.45) is 11.8 Å². The summed E-state index contributed by atoms with van der Waals surface area (Å²) >= 11 is 0. The minimum atomic E-state index is -0.503. The molecule has 0 aromatic heterocycles. The molecule has 270 valence electrons. The minimum absolute atomic E-state index is 0.0184. The normalized spacial score (nSPS) is 21.7. The van der Waals surface area contributed by atoms with Gasteiger partial charge in [-0.15, -0.1) is 0 Å². The van der Waals surface area contributed by atoms with Crippen LogP contribution in [0.1, 0.15) is 82.5 Å². The number of amides is 4. The number of rotatable bonds is 7. The Balaban J connectivity index is 1.37. The van der Waals surface area contributed by atoms with Gasteiger partial charge in [0.1, 0.15) is 5.75 Å². The fourth-order valence-electron chi connectivity index (χ4n) is 6.97. The number of hydrogen-bond donors (Lipinski definition) is 3. The van der Waals surface area contributed by atoms with Crippen molar-refractivity contribution in [3.05, 3.63) is 66.2 Å². The second kappa shape index (κ2) is 17.7. The number of carbonyl (C=O) groups is 3. The second-order valence-electron chi connectivity index (χ2n) is 14.2. The number of likely N-dealkylation sites (N-methyl/N-ethyl adjacent to an activating group) is 1. The molecule has 10 heteroatoms. The summed E-state index contributed by atoms with van der Waals surface area (Å²) < 4.78 is 12.8. The Morgan fingerprint density at radius 1 is 0.960 bits per heavy atom. The zero-order chi connectivity index (χ0) is 35.6. The number of fused-ring (bicyclic) bond motifs is 2. The summed E-state index contributed by atoms with van der Waals surface area (Å²) in [6, 6.07) is 18.3. The number of benzene rings is 3. The van der Waals surface area contributed by atoms with Gasteiger partial charge in [-0.3, -0.25) is 9.59 Å². The number of hydrogen-bond acceptors (Lipinski definition) is 6. The fourth-order valence-corrected chi connectivity index (χ4v) is 6.97. The summed E-state index contributed by atoms with van der Waals surface area (Å²) in [5.41, 5.74) is 1.62. The van der Waals surface area contributed by atoms with Crippen molar-refractivity contribution in [2.45, 2.75) is 90.4 Å². The van der Waals surface area contributed by atoms with Gasteiger partial charge in [0.05, 0.1) is 36.1 Å². The monoisotopic (exact) mass is 686 g/mol. The molecule has 0 spiro atoms. The Hall–Kier alpha value is -4.15. The smallest absolute Gasteiger partial charge is 0.321 e. The lowest BCUT2D eigenvalue weighted by Gasteiger charge is -2.36. The number of ether oxygens (including phenoxy) is 2. The molecule has 3 N–H and O–H groups in total. The third-order valence-electron chi connectivity index (χ3n) is 10.1. The Kier molecular flexibility index (Phi) is 13.1. The first-order chi connectivity index (χ1) is 24.1. The van der Waals surface area contributed by atoms with Gasteiger partial charge in [0.2, 0.25) is 5.91 Å². The van der Waals surface area contributed by atoms with Gasteiger partial charge in [-0.1, -0.05) is 62.6 Å². The first-order valence-electron chi connectivity index (χ1n) is 18.3. The van der Waals surface area contributed by atoms with E-state index in [1.54, 1.807) is 35.0 Å². The van der Waals surface area contributed by atoms with Gasteiger partial charge in [0.25, 0.3) is 5.91 Å².